The molecule has 8 heteroatoms. The van der Waals surface area contributed by atoms with Crippen LogP contribution in [0.15, 0.2) is 54.7 Å². The molecule has 0 aliphatic carbocycles. The van der Waals surface area contributed by atoms with Gasteiger partial charge in [-0.25, -0.2) is 13.2 Å². The molecule has 1 aliphatic heterocycles. The maximum atomic E-state index is 13.9. The highest BCUT2D eigenvalue weighted by Crippen LogP contribution is 2.24. The van der Waals surface area contributed by atoms with Crippen LogP contribution in [0.1, 0.15) is 38.3 Å². The first-order valence-corrected chi connectivity index (χ1v) is 10.7. The van der Waals surface area contributed by atoms with Gasteiger partial charge in [-0.15, -0.1) is 0 Å². The average molecular weight is 465 g/mol. The number of amides is 2. The zero-order chi connectivity index (χ0) is 24.2. The van der Waals surface area contributed by atoms with E-state index < -0.39 is 23.4 Å². The van der Waals surface area contributed by atoms with Crippen LogP contribution in [-0.4, -0.2) is 28.2 Å². The average Bonchev–Trinajstić information content (AvgIpc) is 2.83. The summed E-state index contributed by atoms with van der Waals surface area (Å²) in [6.07, 6.45) is 5.05. The minimum absolute atomic E-state index is 0.0255. The van der Waals surface area contributed by atoms with Gasteiger partial charge in [0.2, 0.25) is 5.91 Å². The third kappa shape index (κ3) is 5.01. The number of hydrogen-bond acceptors (Lipinski definition) is 3. The van der Waals surface area contributed by atoms with Gasteiger partial charge in [-0.05, 0) is 65.9 Å². The number of hydrogen-bond donors (Lipinski definition) is 1. The molecule has 5 nitrogen and oxygen atoms in total. The first-order chi connectivity index (χ1) is 16.3. The quantitative estimate of drug-likeness (QED) is 0.571. The summed E-state index contributed by atoms with van der Waals surface area (Å²) < 4.78 is 40.3. The van der Waals surface area contributed by atoms with Crippen molar-refractivity contribution in [2.75, 3.05) is 6.54 Å². The van der Waals surface area contributed by atoms with Gasteiger partial charge in [0, 0.05) is 37.6 Å². The highest BCUT2D eigenvalue weighted by atomic mass is 19.2. The van der Waals surface area contributed by atoms with E-state index in [1.165, 1.54) is 36.4 Å². The van der Waals surface area contributed by atoms with Crippen molar-refractivity contribution >= 4 is 17.9 Å². The highest BCUT2D eigenvalue weighted by molar-refractivity contribution is 5.94. The number of rotatable bonds is 5. The second kappa shape index (κ2) is 9.91. The number of aromatic nitrogens is 1. The molecule has 0 unspecified atom stereocenters. The first-order valence-electron chi connectivity index (χ1n) is 10.7. The van der Waals surface area contributed by atoms with Gasteiger partial charge in [-0.3, -0.25) is 14.6 Å². The number of pyridine rings is 1. The lowest BCUT2D eigenvalue weighted by atomic mass is 9.94. The van der Waals surface area contributed by atoms with E-state index in [1.807, 2.05) is 6.92 Å². The highest BCUT2D eigenvalue weighted by Gasteiger charge is 2.23. The molecule has 0 bridgehead atoms. The zero-order valence-corrected chi connectivity index (χ0v) is 18.4. The molecule has 1 aromatic heterocycles. The number of nitrogens with one attached hydrogen (secondary N) is 1. The van der Waals surface area contributed by atoms with E-state index >= 15 is 0 Å². The van der Waals surface area contributed by atoms with Gasteiger partial charge in [0.15, 0.2) is 11.6 Å². The second-order valence-electron chi connectivity index (χ2n) is 8.01. The number of nitrogens with zero attached hydrogens (tertiary/aromatic N) is 2. The molecule has 2 amide bonds. The maximum absolute atomic E-state index is 13.9. The van der Waals surface area contributed by atoms with Gasteiger partial charge in [0.25, 0.3) is 5.91 Å². The van der Waals surface area contributed by atoms with E-state index in [2.05, 4.69) is 10.3 Å². The van der Waals surface area contributed by atoms with E-state index in [0.29, 0.717) is 25.1 Å². The van der Waals surface area contributed by atoms with Crippen LogP contribution < -0.4 is 5.32 Å². The summed E-state index contributed by atoms with van der Waals surface area (Å²) >= 11 is 0. The van der Waals surface area contributed by atoms with Crippen LogP contribution in [-0.2, 0) is 24.3 Å². The lowest BCUT2D eigenvalue weighted by Crippen LogP contribution is -2.36. The Bertz CT molecular complexity index is 1290. The van der Waals surface area contributed by atoms with Gasteiger partial charge in [0.05, 0.1) is 5.56 Å². The molecule has 2 aromatic carbocycles. The third-order valence-electron chi connectivity index (χ3n) is 5.81. The molecular weight excluding hydrogens is 443 g/mol. The molecule has 0 fully saturated rings. The Labute approximate surface area is 194 Å². The SMILES string of the molecule is Cc1ncc2c(c1CNC(=O)c1ccccc1F)CCN(C(=O)/C=C/c1ccc(F)c(F)c1)C2. The van der Waals surface area contributed by atoms with Crippen molar-refractivity contribution in [3.8, 4) is 0 Å². The van der Waals surface area contributed by atoms with Crippen LogP contribution in [0, 0.1) is 24.4 Å². The van der Waals surface area contributed by atoms with E-state index in [4.69, 9.17) is 0 Å². The Balaban J connectivity index is 1.45. The van der Waals surface area contributed by atoms with E-state index in [-0.39, 0.29) is 18.0 Å². The maximum Gasteiger partial charge on any atom is 0.254 e. The van der Waals surface area contributed by atoms with Gasteiger partial charge < -0.3 is 10.2 Å². The Morgan fingerprint density at radius 1 is 1.09 bits per heavy atom. The van der Waals surface area contributed by atoms with Crippen LogP contribution in [0.25, 0.3) is 6.08 Å². The minimum atomic E-state index is -0.974. The summed E-state index contributed by atoms with van der Waals surface area (Å²) in [5.74, 6) is -3.27. The standard InChI is InChI=1S/C26H22F3N3O2/c1-16-21(14-31-26(34)20-4-2-3-5-22(20)27)19-10-11-32(15-18(19)13-30-16)25(33)9-7-17-6-8-23(28)24(29)12-17/h2-9,12-13H,10-11,14-15H2,1H3,(H,31,34)/b9-7+. The molecular formula is C26H22F3N3O2. The van der Waals surface area contributed by atoms with Crippen LogP contribution in [0.5, 0.6) is 0 Å². The number of carbonyl (C=O) groups excluding carboxylic acids is 2. The fourth-order valence-electron chi connectivity index (χ4n) is 3.94. The second-order valence-corrected chi connectivity index (χ2v) is 8.01. The van der Waals surface area contributed by atoms with Crippen molar-refractivity contribution in [2.24, 2.45) is 0 Å². The number of carbonyl (C=O) groups is 2. The molecule has 1 aliphatic rings. The summed E-state index contributed by atoms with van der Waals surface area (Å²) in [6.45, 7) is 2.82. The summed E-state index contributed by atoms with van der Waals surface area (Å²) in [7, 11) is 0. The van der Waals surface area contributed by atoms with Crippen molar-refractivity contribution < 1.29 is 22.8 Å². The molecule has 0 saturated carbocycles. The Hall–Kier alpha value is -3.94. The van der Waals surface area contributed by atoms with Gasteiger partial charge >= 0.3 is 0 Å². The van der Waals surface area contributed by atoms with Crippen LogP contribution in [0.3, 0.4) is 0 Å². The molecule has 3 aromatic rings. The first kappa shape index (κ1) is 23.2. The van der Waals surface area contributed by atoms with Crippen LogP contribution in [0.2, 0.25) is 0 Å². The minimum Gasteiger partial charge on any atom is -0.348 e. The Morgan fingerprint density at radius 2 is 1.88 bits per heavy atom. The Morgan fingerprint density at radius 3 is 2.65 bits per heavy atom. The fourth-order valence-corrected chi connectivity index (χ4v) is 3.94. The van der Waals surface area contributed by atoms with Crippen LogP contribution in [0.4, 0.5) is 13.2 Å². The summed E-state index contributed by atoms with van der Waals surface area (Å²) in [4.78, 5) is 31.1. The third-order valence-corrected chi connectivity index (χ3v) is 5.81. The summed E-state index contributed by atoms with van der Waals surface area (Å²) in [6, 6.07) is 9.21. The number of halogens is 3. The molecule has 0 radical (unpaired) electrons. The number of aryl methyl sites for hydroxylation is 1. The van der Waals surface area contributed by atoms with E-state index in [1.54, 1.807) is 17.2 Å². The van der Waals surface area contributed by atoms with Crippen molar-refractivity contribution in [1.29, 1.82) is 0 Å². The predicted octanol–water partition coefficient (Wildman–Crippen LogP) is 4.34. The van der Waals surface area contributed by atoms with Crippen molar-refractivity contribution in [2.45, 2.75) is 26.4 Å². The Kier molecular flexibility index (Phi) is 6.77. The fraction of sp³-hybridized carbons (Fsp3) is 0.192. The topological polar surface area (TPSA) is 62.3 Å². The van der Waals surface area contributed by atoms with Crippen molar-refractivity contribution in [3.05, 3.63) is 106 Å². The predicted molar refractivity (Wildman–Crippen MR) is 121 cm³/mol. The summed E-state index contributed by atoms with van der Waals surface area (Å²) in [5, 5.41) is 2.76. The smallest absolute Gasteiger partial charge is 0.254 e. The monoisotopic (exact) mass is 465 g/mol. The van der Waals surface area contributed by atoms with Gasteiger partial charge in [-0.1, -0.05) is 18.2 Å². The molecule has 0 saturated heterocycles. The van der Waals surface area contributed by atoms with Crippen LogP contribution >= 0.6 is 0 Å². The molecule has 0 atom stereocenters. The van der Waals surface area contributed by atoms with Crippen molar-refractivity contribution in [3.63, 3.8) is 0 Å². The van der Waals surface area contributed by atoms with Gasteiger partial charge in [-0.2, -0.15) is 0 Å². The summed E-state index contributed by atoms with van der Waals surface area (Å²) in [5.41, 5.74) is 3.84. The molecule has 34 heavy (non-hydrogen) atoms. The molecule has 0 spiro atoms. The van der Waals surface area contributed by atoms with Crippen molar-refractivity contribution in [1.82, 2.24) is 15.2 Å². The lowest BCUT2D eigenvalue weighted by molar-refractivity contribution is -0.126. The molecule has 174 valence electrons. The molecule has 1 N–H and O–H groups in total. The molecule has 2 heterocycles. The number of fused-ring (bicyclic) bond motifs is 1. The largest absolute Gasteiger partial charge is 0.348 e. The molecule has 4 rings (SSSR count). The normalized spacial score (nSPS) is 13.1. The van der Waals surface area contributed by atoms with E-state index in [0.717, 1.165) is 34.5 Å². The number of benzene rings is 2. The lowest BCUT2D eigenvalue weighted by Gasteiger charge is -2.30. The zero-order valence-electron chi connectivity index (χ0n) is 18.4. The van der Waals surface area contributed by atoms with E-state index in [9.17, 15) is 22.8 Å². The van der Waals surface area contributed by atoms with Gasteiger partial charge in [0.1, 0.15) is 5.82 Å².